The number of carbonyl (C=O) groups is 1. The third-order valence-electron chi connectivity index (χ3n) is 4.34. The van der Waals surface area contributed by atoms with Crippen LogP contribution in [0.15, 0.2) is 0 Å². The molecule has 0 radical (unpaired) electrons. The lowest BCUT2D eigenvalue weighted by Crippen LogP contribution is -2.33. The van der Waals surface area contributed by atoms with Gasteiger partial charge in [0.25, 0.3) is 0 Å². The monoisotopic (exact) mass is 254 g/mol. The summed E-state index contributed by atoms with van der Waals surface area (Å²) in [7, 11) is 0. The molecule has 2 nitrogen and oxygen atoms in total. The maximum absolute atomic E-state index is 12.1. The zero-order valence-corrected chi connectivity index (χ0v) is 12.5. The Kier molecular flexibility index (Phi) is 6.73. The van der Waals surface area contributed by atoms with Gasteiger partial charge >= 0.3 is 5.97 Å². The number of carbonyl (C=O) groups excluding carboxylic acids is 1. The molecule has 1 unspecified atom stereocenters. The van der Waals surface area contributed by atoms with Crippen molar-refractivity contribution in [3.63, 3.8) is 0 Å². The molecule has 18 heavy (non-hydrogen) atoms. The van der Waals surface area contributed by atoms with E-state index in [0.29, 0.717) is 0 Å². The molecule has 0 spiro atoms. The Morgan fingerprint density at radius 3 is 2.39 bits per heavy atom. The number of unbranched alkanes of at least 4 members (excludes halogenated alkanes) is 3. The predicted molar refractivity (Wildman–Crippen MR) is 75.5 cm³/mol. The Morgan fingerprint density at radius 2 is 1.83 bits per heavy atom. The summed E-state index contributed by atoms with van der Waals surface area (Å²) in [5.41, 5.74) is -0.229. The van der Waals surface area contributed by atoms with Gasteiger partial charge in [0, 0.05) is 0 Å². The van der Waals surface area contributed by atoms with Crippen LogP contribution in [0.5, 0.6) is 0 Å². The van der Waals surface area contributed by atoms with Crippen LogP contribution in [-0.4, -0.2) is 11.6 Å². The molecular formula is C16H30O2. The highest BCUT2D eigenvalue weighted by atomic mass is 16.6. The zero-order valence-electron chi connectivity index (χ0n) is 12.5. The third-order valence-corrected chi connectivity index (χ3v) is 4.34. The lowest BCUT2D eigenvalue weighted by Gasteiger charge is -2.30. The fourth-order valence-corrected chi connectivity index (χ4v) is 2.71. The maximum atomic E-state index is 12.1. The Balaban J connectivity index is 2.35. The van der Waals surface area contributed by atoms with Crippen LogP contribution in [0.1, 0.15) is 85.0 Å². The van der Waals surface area contributed by atoms with E-state index in [-0.39, 0.29) is 17.5 Å². The average molecular weight is 254 g/mol. The molecule has 0 bridgehead atoms. The van der Waals surface area contributed by atoms with Crippen molar-refractivity contribution in [3.8, 4) is 0 Å². The van der Waals surface area contributed by atoms with Crippen LogP contribution in [0.25, 0.3) is 0 Å². The Labute approximate surface area is 112 Å². The van der Waals surface area contributed by atoms with Gasteiger partial charge < -0.3 is 4.74 Å². The van der Waals surface area contributed by atoms with Gasteiger partial charge in [0.2, 0.25) is 0 Å². The molecule has 2 heteroatoms. The van der Waals surface area contributed by atoms with Crippen molar-refractivity contribution < 1.29 is 9.53 Å². The summed E-state index contributed by atoms with van der Waals surface area (Å²) in [6.07, 6.45) is 11.4. The van der Waals surface area contributed by atoms with Crippen LogP contribution in [0.3, 0.4) is 0 Å². The van der Waals surface area contributed by atoms with E-state index in [1.807, 2.05) is 0 Å². The van der Waals surface area contributed by atoms with Crippen molar-refractivity contribution in [2.75, 3.05) is 0 Å². The highest BCUT2D eigenvalue weighted by molar-refractivity contribution is 5.73. The Morgan fingerprint density at radius 1 is 1.17 bits per heavy atom. The topological polar surface area (TPSA) is 26.3 Å². The van der Waals surface area contributed by atoms with Crippen LogP contribution >= 0.6 is 0 Å². The first-order chi connectivity index (χ1) is 8.61. The summed E-state index contributed by atoms with van der Waals surface area (Å²) in [6, 6.07) is 0. The van der Waals surface area contributed by atoms with Gasteiger partial charge in [-0.15, -0.1) is 0 Å². The van der Waals surface area contributed by atoms with E-state index in [0.717, 1.165) is 25.7 Å². The molecule has 1 aliphatic carbocycles. The first-order valence-electron chi connectivity index (χ1n) is 7.84. The summed E-state index contributed by atoms with van der Waals surface area (Å²) in [6.45, 7) is 6.45. The molecule has 0 N–H and O–H groups in total. The molecule has 1 atom stereocenters. The van der Waals surface area contributed by atoms with E-state index in [2.05, 4.69) is 20.8 Å². The molecule has 0 aliphatic heterocycles. The van der Waals surface area contributed by atoms with Crippen molar-refractivity contribution in [3.05, 3.63) is 0 Å². The van der Waals surface area contributed by atoms with E-state index in [1.54, 1.807) is 0 Å². The first-order valence-corrected chi connectivity index (χ1v) is 7.84. The van der Waals surface area contributed by atoms with Crippen LogP contribution in [0.2, 0.25) is 0 Å². The second-order valence-electron chi connectivity index (χ2n) is 6.02. The molecule has 0 aromatic rings. The summed E-state index contributed by atoms with van der Waals surface area (Å²) in [5, 5.41) is 0. The SMILES string of the molecule is CCCCCCC(C)(CC)OC(=O)C1CCCC1. The highest BCUT2D eigenvalue weighted by Gasteiger charge is 2.31. The van der Waals surface area contributed by atoms with E-state index < -0.39 is 0 Å². The largest absolute Gasteiger partial charge is 0.459 e. The van der Waals surface area contributed by atoms with Crippen LogP contribution in [0.4, 0.5) is 0 Å². The molecule has 1 fully saturated rings. The van der Waals surface area contributed by atoms with Crippen molar-refractivity contribution in [2.45, 2.75) is 90.6 Å². The zero-order chi connectivity index (χ0) is 13.4. The number of esters is 1. The fraction of sp³-hybridized carbons (Fsp3) is 0.938. The molecule has 0 aromatic heterocycles. The number of hydrogen-bond acceptors (Lipinski definition) is 2. The molecule has 0 amide bonds. The normalized spacial score (nSPS) is 19.7. The molecule has 0 saturated heterocycles. The highest BCUT2D eigenvalue weighted by Crippen LogP contribution is 2.30. The van der Waals surface area contributed by atoms with Gasteiger partial charge in [-0.1, -0.05) is 46.0 Å². The molecular weight excluding hydrogens is 224 g/mol. The minimum absolute atomic E-state index is 0.0624. The lowest BCUT2D eigenvalue weighted by atomic mass is 9.94. The van der Waals surface area contributed by atoms with E-state index in [4.69, 9.17) is 4.74 Å². The maximum Gasteiger partial charge on any atom is 0.309 e. The second kappa shape index (κ2) is 7.81. The summed E-state index contributed by atoms with van der Waals surface area (Å²) >= 11 is 0. The number of ether oxygens (including phenoxy) is 1. The number of hydrogen-bond donors (Lipinski definition) is 0. The van der Waals surface area contributed by atoms with Gasteiger partial charge in [-0.25, -0.2) is 0 Å². The first kappa shape index (κ1) is 15.5. The summed E-state index contributed by atoms with van der Waals surface area (Å²) in [5.74, 6) is 0.249. The predicted octanol–water partition coefficient (Wildman–Crippen LogP) is 4.86. The molecule has 0 heterocycles. The minimum Gasteiger partial charge on any atom is -0.459 e. The van der Waals surface area contributed by atoms with E-state index in [9.17, 15) is 4.79 Å². The van der Waals surface area contributed by atoms with Gasteiger partial charge in [0.1, 0.15) is 5.60 Å². The second-order valence-corrected chi connectivity index (χ2v) is 6.02. The van der Waals surface area contributed by atoms with Gasteiger partial charge in [0.15, 0.2) is 0 Å². The van der Waals surface area contributed by atoms with Crippen LogP contribution < -0.4 is 0 Å². The van der Waals surface area contributed by atoms with Gasteiger partial charge in [-0.2, -0.15) is 0 Å². The van der Waals surface area contributed by atoms with Gasteiger partial charge in [-0.3, -0.25) is 4.79 Å². The average Bonchev–Trinajstić information content (AvgIpc) is 2.88. The minimum atomic E-state index is -0.229. The van der Waals surface area contributed by atoms with E-state index >= 15 is 0 Å². The molecule has 1 aliphatic rings. The fourth-order valence-electron chi connectivity index (χ4n) is 2.71. The van der Waals surface area contributed by atoms with Gasteiger partial charge in [-0.05, 0) is 39.0 Å². The number of rotatable bonds is 8. The summed E-state index contributed by atoms with van der Waals surface area (Å²) in [4.78, 5) is 12.1. The lowest BCUT2D eigenvalue weighted by molar-refractivity contribution is -0.164. The molecule has 106 valence electrons. The van der Waals surface area contributed by atoms with Crippen molar-refractivity contribution >= 4 is 5.97 Å². The smallest absolute Gasteiger partial charge is 0.309 e. The standard InChI is InChI=1S/C16H30O2/c1-4-6-7-10-13-16(3,5-2)18-15(17)14-11-8-9-12-14/h14H,4-13H2,1-3H3. The molecule has 1 rings (SSSR count). The summed E-state index contributed by atoms with van der Waals surface area (Å²) < 4.78 is 5.81. The van der Waals surface area contributed by atoms with E-state index in [1.165, 1.54) is 38.5 Å². The van der Waals surface area contributed by atoms with Crippen molar-refractivity contribution in [2.24, 2.45) is 5.92 Å². The van der Waals surface area contributed by atoms with Crippen LogP contribution in [-0.2, 0) is 9.53 Å². The van der Waals surface area contributed by atoms with Gasteiger partial charge in [0.05, 0.1) is 5.92 Å². The van der Waals surface area contributed by atoms with Crippen LogP contribution in [0, 0.1) is 5.92 Å². The van der Waals surface area contributed by atoms with Crippen molar-refractivity contribution in [1.29, 1.82) is 0 Å². The Hall–Kier alpha value is -0.530. The molecule has 0 aromatic carbocycles. The van der Waals surface area contributed by atoms with Crippen molar-refractivity contribution in [1.82, 2.24) is 0 Å². The third kappa shape index (κ3) is 4.99. The Bertz CT molecular complexity index is 243. The molecule has 1 saturated carbocycles. The quantitative estimate of drug-likeness (QED) is 0.457.